The molecule has 1 aliphatic rings. The molecule has 0 bridgehead atoms. The molecule has 3 rings (SSSR count). The van der Waals surface area contributed by atoms with Crippen LogP contribution in [0.5, 0.6) is 5.75 Å². The molecule has 166 valence electrons. The summed E-state index contributed by atoms with van der Waals surface area (Å²) in [5.41, 5.74) is 0.444. The monoisotopic (exact) mass is 447 g/mol. The van der Waals surface area contributed by atoms with Crippen LogP contribution in [0.25, 0.3) is 0 Å². The van der Waals surface area contributed by atoms with Crippen LogP contribution in [0.15, 0.2) is 58.4 Å². The van der Waals surface area contributed by atoms with Gasteiger partial charge in [0.2, 0.25) is 5.91 Å². The molecule has 0 fully saturated rings. The molecule has 2 aromatic rings. The van der Waals surface area contributed by atoms with Gasteiger partial charge in [-0.1, -0.05) is 44.5 Å². The number of fused-ring (bicyclic) bond motifs is 1. The van der Waals surface area contributed by atoms with E-state index in [-0.39, 0.29) is 34.9 Å². The Balaban J connectivity index is 1.75. The Morgan fingerprint density at radius 1 is 1.16 bits per heavy atom. The lowest BCUT2D eigenvalue weighted by Gasteiger charge is -2.22. The number of rotatable bonds is 8. The molecule has 1 amide bonds. The number of carbonyl (C=O) groups excluding carboxylic acids is 1. The van der Waals surface area contributed by atoms with Gasteiger partial charge in [0.15, 0.2) is 11.6 Å². The summed E-state index contributed by atoms with van der Waals surface area (Å²) in [5, 5.41) is 2.83. The molecule has 2 N–H and O–H groups in total. The number of nitrogens with one attached hydrogen (secondary N) is 2. The number of hydrogen-bond donors (Lipinski definition) is 2. The Morgan fingerprint density at radius 2 is 1.84 bits per heavy atom. The Hall–Kier alpha value is -2.94. The van der Waals surface area contributed by atoms with E-state index in [1.165, 1.54) is 18.2 Å². The first kappa shape index (κ1) is 22.7. The molecule has 0 aromatic heterocycles. The fourth-order valence-corrected chi connectivity index (χ4v) is 4.42. The van der Waals surface area contributed by atoms with Gasteiger partial charge in [-0.15, -0.1) is 0 Å². The first-order valence-corrected chi connectivity index (χ1v) is 11.6. The Bertz CT molecular complexity index is 1090. The molecule has 0 saturated heterocycles. The first-order valence-electron chi connectivity index (χ1n) is 10.1. The van der Waals surface area contributed by atoms with Gasteiger partial charge in [0.1, 0.15) is 18.5 Å². The van der Waals surface area contributed by atoms with Gasteiger partial charge in [-0.05, 0) is 37.1 Å². The lowest BCUT2D eigenvalue weighted by molar-refractivity contribution is -0.124. The summed E-state index contributed by atoms with van der Waals surface area (Å²) in [7, 11) is -3.69. The van der Waals surface area contributed by atoms with Gasteiger partial charge in [-0.3, -0.25) is 14.5 Å². The average Bonchev–Trinajstić information content (AvgIpc) is 3.01. The quantitative estimate of drug-likeness (QED) is 0.650. The highest BCUT2D eigenvalue weighted by Crippen LogP contribution is 2.24. The van der Waals surface area contributed by atoms with Gasteiger partial charge in [0.05, 0.1) is 10.9 Å². The van der Waals surface area contributed by atoms with Crippen LogP contribution < -0.4 is 14.8 Å². The standard InChI is InChI=1S/C22H26FN3O4S/c1-4-14(2)20(25-21-16-9-5-8-12-19(16)31(28,29)26-21)22(27)24-15(3)13-30-18-11-7-6-10-17(18)23/h5-12,14-15,20H,4,13H2,1-3H3,(H,24,27)(H,25,26)/t14-,15?,20-/m0/s1. The second-order valence-corrected chi connectivity index (χ2v) is 9.21. The maximum Gasteiger partial charge on any atom is 0.263 e. The van der Waals surface area contributed by atoms with E-state index in [2.05, 4.69) is 15.0 Å². The van der Waals surface area contributed by atoms with E-state index >= 15 is 0 Å². The summed E-state index contributed by atoms with van der Waals surface area (Å²) in [4.78, 5) is 17.6. The SMILES string of the molecule is CC[C@H](C)[C@H](N=C1NS(=O)(=O)c2ccccc21)C(=O)NC(C)COc1ccccc1F. The molecule has 0 spiro atoms. The minimum atomic E-state index is -3.69. The smallest absolute Gasteiger partial charge is 0.263 e. The van der Waals surface area contributed by atoms with E-state index in [0.29, 0.717) is 12.0 Å². The van der Waals surface area contributed by atoms with Gasteiger partial charge in [-0.25, -0.2) is 12.8 Å². The zero-order chi connectivity index (χ0) is 22.6. The predicted octanol–water partition coefficient (Wildman–Crippen LogP) is 2.86. The maximum atomic E-state index is 13.7. The van der Waals surface area contributed by atoms with Crippen LogP contribution in [0.2, 0.25) is 0 Å². The van der Waals surface area contributed by atoms with Crippen molar-refractivity contribution < 1.29 is 22.3 Å². The number of carbonyl (C=O) groups is 1. The van der Waals surface area contributed by atoms with E-state index in [9.17, 15) is 17.6 Å². The topological polar surface area (TPSA) is 96.9 Å². The highest BCUT2D eigenvalue weighted by Gasteiger charge is 2.33. The number of nitrogens with zero attached hydrogens (tertiary/aromatic N) is 1. The van der Waals surface area contributed by atoms with Gasteiger partial charge in [-0.2, -0.15) is 0 Å². The molecule has 3 atom stereocenters. The number of amidine groups is 1. The molecule has 9 heteroatoms. The van der Waals surface area contributed by atoms with Crippen molar-refractivity contribution in [1.82, 2.24) is 10.0 Å². The minimum absolute atomic E-state index is 0.0753. The van der Waals surface area contributed by atoms with Gasteiger partial charge < -0.3 is 10.1 Å². The van der Waals surface area contributed by atoms with E-state index in [1.54, 1.807) is 37.3 Å². The lowest BCUT2D eigenvalue weighted by atomic mass is 9.98. The maximum absolute atomic E-state index is 13.7. The fourth-order valence-electron chi connectivity index (χ4n) is 3.18. The van der Waals surface area contributed by atoms with Gasteiger partial charge in [0, 0.05) is 5.56 Å². The number of ether oxygens (including phenoxy) is 1. The zero-order valence-electron chi connectivity index (χ0n) is 17.6. The molecule has 1 aliphatic heterocycles. The van der Waals surface area contributed by atoms with E-state index < -0.39 is 27.9 Å². The zero-order valence-corrected chi connectivity index (χ0v) is 18.4. The summed E-state index contributed by atoms with van der Waals surface area (Å²) >= 11 is 0. The van der Waals surface area contributed by atoms with Crippen molar-refractivity contribution in [3.8, 4) is 5.75 Å². The number of halogens is 1. The molecular weight excluding hydrogens is 421 g/mol. The van der Waals surface area contributed by atoms with E-state index in [0.717, 1.165) is 0 Å². The number of aliphatic imine (C=N–C) groups is 1. The summed E-state index contributed by atoms with van der Waals surface area (Å²) in [6.07, 6.45) is 0.670. The van der Waals surface area contributed by atoms with Crippen molar-refractivity contribution in [3.05, 3.63) is 59.9 Å². The van der Waals surface area contributed by atoms with Crippen LogP contribution in [0.4, 0.5) is 4.39 Å². The summed E-state index contributed by atoms with van der Waals surface area (Å²) in [6.45, 7) is 5.63. The molecule has 7 nitrogen and oxygen atoms in total. The van der Waals surface area contributed by atoms with Crippen molar-refractivity contribution in [1.29, 1.82) is 0 Å². The minimum Gasteiger partial charge on any atom is -0.488 e. The largest absolute Gasteiger partial charge is 0.488 e. The van der Waals surface area contributed by atoms with Crippen molar-refractivity contribution in [2.75, 3.05) is 6.61 Å². The second-order valence-electron chi connectivity index (χ2n) is 7.56. The molecule has 0 saturated carbocycles. The van der Waals surface area contributed by atoms with E-state index in [4.69, 9.17) is 4.74 Å². The third kappa shape index (κ3) is 5.22. The molecule has 1 unspecified atom stereocenters. The van der Waals surface area contributed by atoms with Crippen molar-refractivity contribution in [2.24, 2.45) is 10.9 Å². The van der Waals surface area contributed by atoms with Crippen LogP contribution in [0.1, 0.15) is 32.8 Å². The number of para-hydroxylation sites is 1. The Labute approximate surface area is 181 Å². The molecule has 2 aromatic carbocycles. The predicted molar refractivity (Wildman–Crippen MR) is 116 cm³/mol. The number of hydrogen-bond acceptors (Lipinski definition) is 5. The molecule has 0 aliphatic carbocycles. The van der Waals surface area contributed by atoms with E-state index in [1.807, 2.05) is 13.8 Å². The molecule has 1 heterocycles. The highest BCUT2D eigenvalue weighted by molar-refractivity contribution is 7.90. The number of amides is 1. The first-order chi connectivity index (χ1) is 14.7. The van der Waals surface area contributed by atoms with Crippen molar-refractivity contribution in [3.63, 3.8) is 0 Å². The van der Waals surface area contributed by atoms with Crippen molar-refractivity contribution >= 4 is 21.8 Å². The summed E-state index contributed by atoms with van der Waals surface area (Å²) in [6, 6.07) is 11.3. The van der Waals surface area contributed by atoms with Crippen LogP contribution in [-0.2, 0) is 14.8 Å². The second kappa shape index (κ2) is 9.47. The molecule has 0 radical (unpaired) electrons. The average molecular weight is 448 g/mol. The summed E-state index contributed by atoms with van der Waals surface area (Å²) < 4.78 is 46.3. The van der Waals surface area contributed by atoms with Crippen LogP contribution >= 0.6 is 0 Å². The Kier molecular flexibility index (Phi) is 6.94. The number of sulfonamides is 1. The third-order valence-electron chi connectivity index (χ3n) is 5.10. The third-order valence-corrected chi connectivity index (χ3v) is 6.49. The van der Waals surface area contributed by atoms with Crippen LogP contribution in [0.3, 0.4) is 0 Å². The number of benzene rings is 2. The van der Waals surface area contributed by atoms with Crippen LogP contribution in [-0.4, -0.2) is 38.9 Å². The molecule has 31 heavy (non-hydrogen) atoms. The molecular formula is C22H26FN3O4S. The van der Waals surface area contributed by atoms with Crippen LogP contribution in [0, 0.1) is 11.7 Å². The normalized spacial score (nSPS) is 18.5. The highest BCUT2D eigenvalue weighted by atomic mass is 32.2. The lowest BCUT2D eigenvalue weighted by Crippen LogP contribution is -2.45. The Morgan fingerprint density at radius 3 is 2.55 bits per heavy atom. The van der Waals surface area contributed by atoms with Crippen molar-refractivity contribution in [2.45, 2.75) is 44.2 Å². The summed E-state index contributed by atoms with van der Waals surface area (Å²) in [5.74, 6) is -0.692. The fraction of sp³-hybridized carbons (Fsp3) is 0.364. The van der Waals surface area contributed by atoms with Gasteiger partial charge >= 0.3 is 0 Å². The van der Waals surface area contributed by atoms with Gasteiger partial charge in [0.25, 0.3) is 10.0 Å².